The van der Waals surface area contributed by atoms with Crippen molar-refractivity contribution in [1.29, 1.82) is 0 Å². The first-order valence-electron chi connectivity index (χ1n) is 19.8. The largest absolute Gasteiger partial charge is 1.00 e. The van der Waals surface area contributed by atoms with Crippen LogP contribution in [0.3, 0.4) is 0 Å². The average molecular weight is 799 g/mol. The molecule has 3 heteroatoms. The van der Waals surface area contributed by atoms with Gasteiger partial charge in [-0.05, 0) is 0 Å². The fraction of sp³-hybridized carbons (Fsp3) is 0.521. The van der Waals surface area contributed by atoms with Gasteiger partial charge in [0.15, 0.2) is 0 Å². The molecule has 6 aliphatic rings. The Bertz CT molecular complexity index is 1870. The third-order valence-corrected chi connectivity index (χ3v) is 22.6. The van der Waals surface area contributed by atoms with Crippen LogP contribution in [0.4, 0.5) is 0 Å². The third kappa shape index (κ3) is 6.98. The molecule has 4 fully saturated rings. The quantitative estimate of drug-likeness (QED) is 0.219. The number of allylic oxidation sites excluding steroid dienone is 4. The Kier molecular flexibility index (Phi) is 11.0. The van der Waals surface area contributed by atoms with E-state index in [1.165, 1.54) is 67.2 Å². The number of rotatable bonds is 6. The van der Waals surface area contributed by atoms with Crippen molar-refractivity contribution in [1.82, 2.24) is 0 Å². The predicted octanol–water partition coefficient (Wildman–Crippen LogP) is 6.19. The fourth-order valence-corrected chi connectivity index (χ4v) is 21.7. The Morgan fingerprint density at radius 2 is 1.39 bits per heavy atom. The number of hydrogen-bond acceptors (Lipinski definition) is 0. The van der Waals surface area contributed by atoms with Gasteiger partial charge in [-0.1, -0.05) is 0 Å². The molecule has 6 aliphatic carbocycles. The van der Waals surface area contributed by atoms with E-state index in [2.05, 4.69) is 129 Å². The van der Waals surface area contributed by atoms with Crippen LogP contribution >= 0.6 is 0 Å². The molecule has 1 unspecified atom stereocenters. The zero-order valence-corrected chi connectivity index (χ0v) is 36.8. The summed E-state index contributed by atoms with van der Waals surface area (Å²) in [4.78, 5) is 0. The standard InChI is InChI=1S/C21H25.C18H25.C9H10.2ClH.Zr/c1-20(2,3)16-7-9-18-14(12-16)11-15-13-17(21(4,5)6)8-10-19(15)18;1-12-3-13(2)17(4-12)11-18-8-14-5-15(9-18)7-16(6-14)10-18;1-2-6-9-7-4-3-5-8-9;;;/h7-10,12H,11H2,1-6H3;4,12,14-16H,5-11H2,1-2H3;3-5,7-8H,2H2,1H3;2*1H;/q;;;;;+2/p-2. The Morgan fingerprint density at radius 1 is 0.784 bits per heavy atom. The van der Waals surface area contributed by atoms with Crippen molar-refractivity contribution in [2.75, 3.05) is 0 Å². The van der Waals surface area contributed by atoms with Crippen LogP contribution in [-0.2, 0) is 38.5 Å². The molecule has 9 rings (SSSR count). The van der Waals surface area contributed by atoms with Gasteiger partial charge in [-0.15, -0.1) is 0 Å². The van der Waals surface area contributed by atoms with Crippen molar-refractivity contribution in [2.45, 2.75) is 131 Å². The molecule has 270 valence electrons. The predicted molar refractivity (Wildman–Crippen MR) is 208 cm³/mol. The molecule has 3 aromatic rings. The number of hydrogen-bond donors (Lipinski definition) is 0. The fourth-order valence-electron chi connectivity index (χ4n) is 11.8. The second-order valence-electron chi connectivity index (χ2n) is 19.2. The maximum Gasteiger partial charge on any atom is -1.00 e. The smallest absolute Gasteiger partial charge is 1.00 e. The SMILES string of the molecule is CC/[C](c1ccccc1)=[Zr+2](\[C]1=C(C)C(CC23CC4CC(CC(C4)C2)C3)=CC1C)[c]1c(C(C)(C)C)ccc2c1Cc1cc(C(C)(C)C)ccc1-2.[Cl-].[Cl-]. The van der Waals surface area contributed by atoms with Gasteiger partial charge in [0.25, 0.3) is 0 Å². The maximum absolute atomic E-state index is 2.78. The minimum Gasteiger partial charge on any atom is -1.00 e. The normalized spacial score (nSPS) is 26.3. The summed E-state index contributed by atoms with van der Waals surface area (Å²) in [6.45, 7) is 22.1. The first-order valence-corrected chi connectivity index (χ1v) is 23.4. The molecule has 0 heterocycles. The van der Waals surface area contributed by atoms with Crippen LogP contribution in [0.1, 0.15) is 141 Å². The molecule has 0 radical (unpaired) electrons. The summed E-state index contributed by atoms with van der Waals surface area (Å²) in [7, 11) is 0. The van der Waals surface area contributed by atoms with Gasteiger partial charge in [0.2, 0.25) is 0 Å². The van der Waals surface area contributed by atoms with Gasteiger partial charge in [-0.3, -0.25) is 0 Å². The van der Waals surface area contributed by atoms with E-state index in [4.69, 9.17) is 0 Å². The molecule has 4 bridgehead atoms. The first kappa shape index (κ1) is 39.2. The molecular weight excluding hydrogens is 739 g/mol. The maximum atomic E-state index is 2.78. The molecular formula is C48H60Cl2Zr. The molecule has 3 aromatic carbocycles. The van der Waals surface area contributed by atoms with Gasteiger partial charge in [-0.2, -0.15) is 0 Å². The molecule has 0 amide bonds. The second-order valence-corrected chi connectivity index (χ2v) is 25.1. The summed E-state index contributed by atoms with van der Waals surface area (Å²) in [6.07, 6.45) is 15.5. The van der Waals surface area contributed by atoms with Crippen molar-refractivity contribution < 1.29 is 46.1 Å². The monoisotopic (exact) mass is 796 g/mol. The van der Waals surface area contributed by atoms with E-state index >= 15 is 0 Å². The summed E-state index contributed by atoms with van der Waals surface area (Å²) in [6, 6.07) is 24.1. The minimum atomic E-state index is -2.73. The molecule has 0 aliphatic heterocycles. The zero-order valence-electron chi connectivity index (χ0n) is 32.8. The second kappa shape index (κ2) is 14.3. The molecule has 1 atom stereocenters. The summed E-state index contributed by atoms with van der Waals surface area (Å²) in [5, 5.41) is 0. The first-order chi connectivity index (χ1) is 23.2. The Hall–Kier alpha value is -1.53. The summed E-state index contributed by atoms with van der Waals surface area (Å²) in [5.74, 6) is 3.57. The number of halogens is 2. The molecule has 51 heavy (non-hydrogen) atoms. The Morgan fingerprint density at radius 3 is 1.96 bits per heavy atom. The summed E-state index contributed by atoms with van der Waals surface area (Å²) < 4.78 is 5.49. The van der Waals surface area contributed by atoms with Crippen molar-refractivity contribution in [3.63, 3.8) is 0 Å². The molecule has 4 saturated carbocycles. The van der Waals surface area contributed by atoms with Crippen molar-refractivity contribution in [3.8, 4) is 11.1 Å². The van der Waals surface area contributed by atoms with Crippen LogP contribution in [0.15, 0.2) is 81.2 Å². The van der Waals surface area contributed by atoms with Crippen molar-refractivity contribution in [3.05, 3.63) is 109 Å². The number of fused-ring (bicyclic) bond motifs is 3. The van der Waals surface area contributed by atoms with Crippen LogP contribution in [-0.4, -0.2) is 3.21 Å². The number of benzene rings is 3. The van der Waals surface area contributed by atoms with E-state index in [1.807, 2.05) is 6.55 Å². The van der Waals surface area contributed by atoms with Gasteiger partial charge in [-0.25, -0.2) is 0 Å². The molecule has 0 N–H and O–H groups in total. The van der Waals surface area contributed by atoms with E-state index in [9.17, 15) is 0 Å². The van der Waals surface area contributed by atoms with Gasteiger partial charge < -0.3 is 24.8 Å². The third-order valence-electron chi connectivity index (χ3n) is 13.6. The molecule has 0 spiro atoms. The Balaban J connectivity index is 0.00000224. The summed E-state index contributed by atoms with van der Waals surface area (Å²) in [5.41, 5.74) is 15.1. The topological polar surface area (TPSA) is 0 Å². The van der Waals surface area contributed by atoms with Crippen molar-refractivity contribution >= 4 is 6.48 Å². The van der Waals surface area contributed by atoms with E-state index < -0.39 is 21.3 Å². The van der Waals surface area contributed by atoms with Crippen LogP contribution in [0.5, 0.6) is 0 Å². The van der Waals surface area contributed by atoms with Gasteiger partial charge >= 0.3 is 308 Å². The van der Waals surface area contributed by atoms with E-state index in [0.29, 0.717) is 11.3 Å². The molecule has 0 nitrogen and oxygen atoms in total. The zero-order chi connectivity index (χ0) is 34.5. The van der Waals surface area contributed by atoms with E-state index in [1.54, 1.807) is 31.0 Å². The molecule has 0 aromatic heterocycles. The van der Waals surface area contributed by atoms with Gasteiger partial charge in [0, 0.05) is 0 Å². The Labute approximate surface area is 330 Å². The average Bonchev–Trinajstić information content (AvgIpc) is 3.53. The van der Waals surface area contributed by atoms with Crippen LogP contribution in [0.25, 0.3) is 11.1 Å². The van der Waals surface area contributed by atoms with Gasteiger partial charge in [0.1, 0.15) is 0 Å². The van der Waals surface area contributed by atoms with E-state index in [0.717, 1.165) is 30.6 Å². The van der Waals surface area contributed by atoms with Crippen LogP contribution in [0.2, 0.25) is 0 Å². The van der Waals surface area contributed by atoms with Gasteiger partial charge in [0.05, 0.1) is 0 Å². The van der Waals surface area contributed by atoms with Crippen molar-refractivity contribution in [2.24, 2.45) is 29.1 Å². The van der Waals surface area contributed by atoms with E-state index in [-0.39, 0.29) is 35.6 Å². The van der Waals surface area contributed by atoms with Crippen LogP contribution in [0, 0.1) is 29.1 Å². The van der Waals surface area contributed by atoms with Crippen LogP contribution < -0.4 is 28.1 Å². The minimum absolute atomic E-state index is 0. The summed E-state index contributed by atoms with van der Waals surface area (Å²) >= 11 is -2.73. The molecule has 0 saturated heterocycles.